The maximum absolute atomic E-state index is 10.2. The fourth-order valence-corrected chi connectivity index (χ4v) is 2.93. The maximum atomic E-state index is 10.2. The van der Waals surface area contributed by atoms with Crippen molar-refractivity contribution >= 4 is 11.8 Å². The Morgan fingerprint density at radius 2 is 1.78 bits per heavy atom. The van der Waals surface area contributed by atoms with Gasteiger partial charge in [0.1, 0.15) is 0 Å². The molecule has 1 N–H and O–H groups in total. The van der Waals surface area contributed by atoms with E-state index in [4.69, 9.17) is 0 Å². The van der Waals surface area contributed by atoms with Crippen molar-refractivity contribution in [2.45, 2.75) is 40.2 Å². The minimum absolute atomic E-state index is 0.333. The third-order valence-electron chi connectivity index (χ3n) is 2.71. The molecule has 1 rings (SSSR count). The van der Waals surface area contributed by atoms with Crippen LogP contribution < -0.4 is 0 Å². The second-order valence-corrected chi connectivity index (χ2v) is 6.87. The van der Waals surface area contributed by atoms with E-state index >= 15 is 0 Å². The quantitative estimate of drug-likeness (QED) is 0.793. The van der Waals surface area contributed by atoms with Crippen LogP contribution in [0.4, 0.5) is 0 Å². The molecule has 1 atom stereocenters. The molecule has 0 aliphatic carbocycles. The summed E-state index contributed by atoms with van der Waals surface area (Å²) in [5.41, 5.74) is 2.39. The highest BCUT2D eigenvalue weighted by Gasteiger charge is 2.09. The van der Waals surface area contributed by atoms with Crippen LogP contribution in [0.3, 0.4) is 0 Å². The molecule has 1 nitrogen and oxygen atoms in total. The van der Waals surface area contributed by atoms with E-state index in [9.17, 15) is 5.11 Å². The Bertz CT molecular complexity index is 347. The van der Waals surface area contributed by atoms with Crippen LogP contribution in [0.25, 0.3) is 0 Å². The van der Waals surface area contributed by atoms with Gasteiger partial charge in [0.2, 0.25) is 0 Å². The lowest BCUT2D eigenvalue weighted by Crippen LogP contribution is -2.04. The van der Waals surface area contributed by atoms with E-state index in [2.05, 4.69) is 45.9 Å². The van der Waals surface area contributed by atoms with Crippen LogP contribution in [-0.2, 0) is 6.42 Å². The molecular weight excluding hydrogens is 240 g/mol. The number of hydrogen-bond acceptors (Lipinski definition) is 2. The first kappa shape index (κ1) is 15.6. The molecule has 2 heteroatoms. The van der Waals surface area contributed by atoms with Gasteiger partial charge in [0, 0.05) is 5.75 Å². The monoisotopic (exact) mass is 266 g/mol. The Kier molecular flexibility index (Phi) is 6.80. The summed E-state index contributed by atoms with van der Waals surface area (Å²) in [5, 5.41) is 10.2. The zero-order valence-corrected chi connectivity index (χ0v) is 12.8. The van der Waals surface area contributed by atoms with Crippen LogP contribution in [0.5, 0.6) is 0 Å². The molecule has 1 unspecified atom stereocenters. The second-order valence-electron chi connectivity index (χ2n) is 5.79. The minimum Gasteiger partial charge on any atom is -0.388 e. The van der Waals surface area contributed by atoms with E-state index in [0.717, 1.165) is 23.5 Å². The Labute approximate surface area is 116 Å². The van der Waals surface area contributed by atoms with Crippen molar-refractivity contribution in [3.63, 3.8) is 0 Å². The first-order chi connectivity index (χ1) is 8.49. The lowest BCUT2D eigenvalue weighted by atomic mass is 9.99. The summed E-state index contributed by atoms with van der Waals surface area (Å²) in [6.07, 6.45) is 0.750. The molecule has 0 aliphatic rings. The Hall–Kier alpha value is -0.470. The van der Waals surface area contributed by atoms with Crippen LogP contribution in [-0.4, -0.2) is 16.6 Å². The highest BCUT2D eigenvalue weighted by molar-refractivity contribution is 7.99. The molecule has 0 amide bonds. The van der Waals surface area contributed by atoms with E-state index in [-0.39, 0.29) is 6.10 Å². The molecule has 102 valence electrons. The molecule has 0 radical (unpaired) electrons. The van der Waals surface area contributed by atoms with Gasteiger partial charge in [-0.15, -0.1) is 0 Å². The summed E-state index contributed by atoms with van der Waals surface area (Å²) in [6, 6.07) is 8.39. The number of aliphatic hydroxyl groups excluding tert-OH is 1. The smallest absolute Gasteiger partial charge is 0.0880 e. The summed E-state index contributed by atoms with van der Waals surface area (Å²) in [7, 11) is 0. The Morgan fingerprint density at radius 1 is 1.06 bits per heavy atom. The predicted molar refractivity (Wildman–Crippen MR) is 82.1 cm³/mol. The van der Waals surface area contributed by atoms with Crippen LogP contribution in [0, 0.1) is 11.8 Å². The fourth-order valence-electron chi connectivity index (χ4n) is 1.91. The molecule has 0 bridgehead atoms. The number of benzene rings is 1. The second kappa shape index (κ2) is 7.85. The normalized spacial score (nSPS) is 13.3. The molecule has 0 saturated heterocycles. The number of thioether (sulfide) groups is 1. The highest BCUT2D eigenvalue weighted by atomic mass is 32.2. The van der Waals surface area contributed by atoms with E-state index in [1.165, 1.54) is 5.56 Å². The van der Waals surface area contributed by atoms with Gasteiger partial charge in [0.05, 0.1) is 6.10 Å². The first-order valence-electron chi connectivity index (χ1n) is 6.83. The Balaban J connectivity index is 2.54. The first-order valence-corrected chi connectivity index (χ1v) is 7.99. The van der Waals surface area contributed by atoms with Gasteiger partial charge in [-0.2, -0.15) is 11.8 Å². The third kappa shape index (κ3) is 5.92. The largest absolute Gasteiger partial charge is 0.388 e. The van der Waals surface area contributed by atoms with Crippen LogP contribution in [0.15, 0.2) is 24.3 Å². The van der Waals surface area contributed by atoms with Gasteiger partial charge in [-0.05, 0) is 35.1 Å². The standard InChI is InChI=1S/C16H26OS/c1-12(2)8-14-6-5-7-15(9-14)16(17)11-18-10-13(3)4/h5-7,9,12-13,16-17H,8,10-11H2,1-4H3. The van der Waals surface area contributed by atoms with E-state index in [1.54, 1.807) is 0 Å². The van der Waals surface area contributed by atoms with Gasteiger partial charge >= 0.3 is 0 Å². The highest BCUT2D eigenvalue weighted by Crippen LogP contribution is 2.21. The van der Waals surface area contributed by atoms with Gasteiger partial charge in [0.25, 0.3) is 0 Å². The predicted octanol–water partition coefficient (Wildman–Crippen LogP) is 4.31. The van der Waals surface area contributed by atoms with Crippen molar-refractivity contribution in [3.05, 3.63) is 35.4 Å². The van der Waals surface area contributed by atoms with Crippen molar-refractivity contribution in [3.8, 4) is 0 Å². The average Bonchev–Trinajstić information content (AvgIpc) is 2.27. The molecule has 0 fully saturated rings. The summed E-state index contributed by atoms with van der Waals surface area (Å²) in [6.45, 7) is 8.87. The fraction of sp³-hybridized carbons (Fsp3) is 0.625. The SMILES string of the molecule is CC(C)CSCC(O)c1cccc(CC(C)C)c1. The molecular formula is C16H26OS. The summed E-state index contributed by atoms with van der Waals surface area (Å²) >= 11 is 1.83. The molecule has 0 aromatic heterocycles. The number of aliphatic hydroxyl groups is 1. The molecule has 1 aromatic rings. The van der Waals surface area contributed by atoms with Crippen molar-refractivity contribution in [1.29, 1.82) is 0 Å². The van der Waals surface area contributed by atoms with E-state index in [1.807, 2.05) is 17.8 Å². The lowest BCUT2D eigenvalue weighted by molar-refractivity contribution is 0.204. The minimum atomic E-state index is -0.333. The lowest BCUT2D eigenvalue weighted by Gasteiger charge is -2.13. The molecule has 0 spiro atoms. The van der Waals surface area contributed by atoms with Gasteiger partial charge < -0.3 is 5.11 Å². The van der Waals surface area contributed by atoms with Gasteiger partial charge in [0.15, 0.2) is 0 Å². The van der Waals surface area contributed by atoms with Gasteiger partial charge in [-0.1, -0.05) is 52.0 Å². The van der Waals surface area contributed by atoms with Crippen molar-refractivity contribution in [2.75, 3.05) is 11.5 Å². The zero-order chi connectivity index (χ0) is 13.5. The molecule has 0 saturated carbocycles. The van der Waals surface area contributed by atoms with Crippen molar-refractivity contribution in [2.24, 2.45) is 11.8 Å². The maximum Gasteiger partial charge on any atom is 0.0880 e. The summed E-state index contributed by atoms with van der Waals surface area (Å²) < 4.78 is 0. The van der Waals surface area contributed by atoms with Gasteiger partial charge in [-0.3, -0.25) is 0 Å². The van der Waals surface area contributed by atoms with Crippen LogP contribution in [0.2, 0.25) is 0 Å². The van der Waals surface area contributed by atoms with Crippen LogP contribution >= 0.6 is 11.8 Å². The van der Waals surface area contributed by atoms with Crippen molar-refractivity contribution < 1.29 is 5.11 Å². The molecule has 1 aromatic carbocycles. The third-order valence-corrected chi connectivity index (χ3v) is 4.16. The van der Waals surface area contributed by atoms with Crippen molar-refractivity contribution in [1.82, 2.24) is 0 Å². The van der Waals surface area contributed by atoms with E-state index in [0.29, 0.717) is 11.8 Å². The van der Waals surface area contributed by atoms with E-state index < -0.39 is 0 Å². The average molecular weight is 266 g/mol. The number of rotatable bonds is 7. The zero-order valence-electron chi connectivity index (χ0n) is 12.0. The van der Waals surface area contributed by atoms with Crippen LogP contribution in [0.1, 0.15) is 44.9 Å². The molecule has 0 aliphatic heterocycles. The van der Waals surface area contributed by atoms with Gasteiger partial charge in [-0.25, -0.2) is 0 Å². The Morgan fingerprint density at radius 3 is 2.39 bits per heavy atom. The molecule has 18 heavy (non-hydrogen) atoms. The molecule has 0 heterocycles. The number of hydrogen-bond donors (Lipinski definition) is 1. The topological polar surface area (TPSA) is 20.2 Å². The summed E-state index contributed by atoms with van der Waals surface area (Å²) in [5.74, 6) is 3.26. The summed E-state index contributed by atoms with van der Waals surface area (Å²) in [4.78, 5) is 0.